The molecule has 15 heterocycles. The first-order valence-electron chi connectivity index (χ1n) is 47.9. The zero-order valence-corrected chi connectivity index (χ0v) is 80.0. The van der Waals surface area contributed by atoms with Crippen LogP contribution in [0.5, 0.6) is 0 Å². The first-order chi connectivity index (χ1) is 71.5. The van der Waals surface area contributed by atoms with Gasteiger partial charge in [0.1, 0.15) is 11.6 Å². The average Bonchev–Trinajstić information content (AvgIpc) is 1.55. The van der Waals surface area contributed by atoms with Crippen molar-refractivity contribution in [3.8, 4) is 68.4 Å². The Morgan fingerprint density at radius 3 is 0.847 bits per heavy atom. The molecule has 0 N–H and O–H groups in total. The van der Waals surface area contributed by atoms with Crippen molar-refractivity contribution in [1.29, 1.82) is 0 Å². The molecular weight excluding hydrogens is 1840 g/mol. The minimum atomic E-state index is 0.659. The Labute approximate surface area is 837 Å². The molecule has 13 nitrogen and oxygen atoms in total. The van der Waals surface area contributed by atoms with E-state index >= 15 is 0 Å². The number of rotatable bonds is 8. The van der Waals surface area contributed by atoms with Gasteiger partial charge in [0.05, 0.1) is 61.2 Å². The number of aromatic nitrogens is 13. The SMILES string of the molecule is c1ccc(-c2cc(-c3ccccc3)nc(-n3c4ccccc4c4c5ccncc5c5sc6ccccc6c5c43)n2)cc1.c1ccc(-c2cc(-n3c4ccccc4c4c5ccncc5c5sc6ccccc6c5c43)nc(-c3ccccc3)n2)cc1.c1ccc(-n2c3ccccc3c3c4ccncc4c4sc5ccccc5c4c32)cc1.c1ccc(-n2c3ccccc3c3c4ccncc4c4sc5ccccc5c4c32)nc1. The van der Waals surface area contributed by atoms with Gasteiger partial charge in [0.15, 0.2) is 5.82 Å². The Hall–Kier alpha value is -18.2. The second kappa shape index (κ2) is 33.8. The van der Waals surface area contributed by atoms with Gasteiger partial charge in [-0.2, -0.15) is 0 Å². The highest BCUT2D eigenvalue weighted by Crippen LogP contribution is 2.54. The van der Waals surface area contributed by atoms with Crippen LogP contribution in [0, 0.1) is 0 Å². The van der Waals surface area contributed by atoms with Gasteiger partial charge < -0.3 is 4.57 Å². The molecule has 0 amide bonds. The molecule has 32 aromatic rings. The van der Waals surface area contributed by atoms with Crippen molar-refractivity contribution in [2.24, 2.45) is 0 Å². The number of nitrogens with zero attached hydrogens (tertiary/aromatic N) is 13. The first-order valence-corrected chi connectivity index (χ1v) is 51.2. The van der Waals surface area contributed by atoms with Crippen molar-refractivity contribution in [2.45, 2.75) is 0 Å². The summed E-state index contributed by atoms with van der Waals surface area (Å²) in [6.45, 7) is 0. The third-order valence-electron chi connectivity index (χ3n) is 28.2. The van der Waals surface area contributed by atoms with Gasteiger partial charge in [0.2, 0.25) is 5.95 Å². The lowest BCUT2D eigenvalue weighted by Crippen LogP contribution is -2.04. The van der Waals surface area contributed by atoms with Crippen LogP contribution in [0.15, 0.2) is 456 Å². The monoisotopic (exact) mass is 1910 g/mol. The van der Waals surface area contributed by atoms with Crippen LogP contribution in [0.3, 0.4) is 0 Å². The molecule has 0 atom stereocenters. The Bertz CT molecular complexity index is 10100. The zero-order valence-electron chi connectivity index (χ0n) is 76.7. The van der Waals surface area contributed by atoms with Crippen molar-refractivity contribution >= 4 is 256 Å². The number of para-hydroxylation sites is 5. The fourth-order valence-corrected chi connectivity index (χ4v) is 27.0. The molecule has 0 bridgehead atoms. The van der Waals surface area contributed by atoms with Gasteiger partial charge in [-0.1, -0.05) is 291 Å². The lowest BCUT2D eigenvalue weighted by molar-refractivity contribution is 0.998. The van der Waals surface area contributed by atoms with Crippen LogP contribution in [0.4, 0.5) is 0 Å². The Morgan fingerprint density at radius 1 is 0.188 bits per heavy atom. The summed E-state index contributed by atoms with van der Waals surface area (Å²) in [5.74, 6) is 3.15. The summed E-state index contributed by atoms with van der Waals surface area (Å²) >= 11 is 7.37. The van der Waals surface area contributed by atoms with E-state index in [9.17, 15) is 0 Å². The smallest absolute Gasteiger partial charge is 0.235 e. The molecular formula is C127H75N13S4. The van der Waals surface area contributed by atoms with E-state index in [-0.39, 0.29) is 0 Å². The standard InChI is InChI=1S/2C37H22N4S.C27H16N2S.C26H15N3S/c1-3-11-23(12-4-1)29-21-30(24-13-5-2-6-14-24)40-37(39-29)41-31-17-9-7-15-26(31)33-25-19-20-38-22-28(25)36-34(35(33)41)27-16-8-10-18-32(27)42-36;1-3-11-23(12-4-1)29-21-32(40-37(39-29)24-13-5-2-6-14-24)41-30-17-9-7-15-26(30)33-25-19-20-38-22-28(25)36-34(35(33)41)27-16-8-10-18-31(27)42-36;1-2-8-17(9-3-1)29-22-12-6-4-10-19(22)24-18-14-15-28-16-21(18)27-25(26(24)29)20-11-5-7-13-23(20)30-27;1-3-9-20-17(7-1)23-16-12-14-27-15-19(16)26-24(18-8-2-4-10-21(18)30-26)25(23)29(20)22-11-5-6-13-28-22/h2*1-22H;1-16H;1-15H. The summed E-state index contributed by atoms with van der Waals surface area (Å²) in [6, 6.07) is 140. The molecule has 0 aliphatic rings. The minimum Gasteiger partial charge on any atom is -0.309 e. The van der Waals surface area contributed by atoms with E-state index < -0.39 is 0 Å². The van der Waals surface area contributed by atoms with Crippen LogP contribution in [0.2, 0.25) is 0 Å². The lowest BCUT2D eigenvalue weighted by Gasteiger charge is -2.13. The van der Waals surface area contributed by atoms with Crippen molar-refractivity contribution in [1.82, 2.24) is 63.1 Å². The van der Waals surface area contributed by atoms with Gasteiger partial charge in [-0.15, -0.1) is 45.3 Å². The number of hydrogen-bond donors (Lipinski definition) is 0. The average molecular weight is 1910 g/mol. The third kappa shape index (κ3) is 13.1. The van der Waals surface area contributed by atoms with Crippen LogP contribution in [-0.4, -0.2) is 63.1 Å². The fraction of sp³-hybridized carbons (Fsp3) is 0. The maximum absolute atomic E-state index is 5.27. The molecule has 0 aliphatic carbocycles. The summed E-state index contributed by atoms with van der Waals surface area (Å²) in [7, 11) is 0. The van der Waals surface area contributed by atoms with Crippen molar-refractivity contribution in [3.05, 3.63) is 456 Å². The van der Waals surface area contributed by atoms with E-state index in [1.54, 1.807) is 0 Å². The van der Waals surface area contributed by atoms with Gasteiger partial charge in [0.25, 0.3) is 0 Å². The maximum atomic E-state index is 5.27. The summed E-state index contributed by atoms with van der Waals surface area (Å²) in [5, 5.41) is 29.8. The van der Waals surface area contributed by atoms with Gasteiger partial charge in [-0.25, -0.2) is 24.9 Å². The highest BCUT2D eigenvalue weighted by molar-refractivity contribution is 7.28. The van der Waals surface area contributed by atoms with Crippen LogP contribution >= 0.6 is 45.3 Å². The molecule has 0 unspecified atom stereocenters. The molecule has 0 spiro atoms. The van der Waals surface area contributed by atoms with Gasteiger partial charge >= 0.3 is 0 Å². The number of hydrogen-bond acceptors (Lipinski definition) is 13. The predicted octanol–water partition coefficient (Wildman–Crippen LogP) is 34.4. The van der Waals surface area contributed by atoms with Crippen molar-refractivity contribution in [2.75, 3.05) is 0 Å². The summed E-state index contributed by atoms with van der Waals surface area (Å²) < 4.78 is 19.6. The number of benzene rings is 17. The highest BCUT2D eigenvalue weighted by Gasteiger charge is 2.30. The van der Waals surface area contributed by atoms with E-state index in [2.05, 4.69) is 396 Å². The largest absolute Gasteiger partial charge is 0.309 e. The van der Waals surface area contributed by atoms with Gasteiger partial charge in [-0.3, -0.25) is 33.6 Å². The predicted molar refractivity (Wildman–Crippen MR) is 607 cm³/mol. The molecule has 32 rings (SSSR count). The van der Waals surface area contributed by atoms with Crippen LogP contribution in [0.25, 0.3) is 279 Å². The fourth-order valence-electron chi connectivity index (χ4n) is 22.1. The molecule has 144 heavy (non-hydrogen) atoms. The molecule has 17 aromatic carbocycles. The van der Waals surface area contributed by atoms with E-state index in [1.807, 2.05) is 144 Å². The Morgan fingerprint density at radius 2 is 0.479 bits per heavy atom. The van der Waals surface area contributed by atoms with E-state index in [0.29, 0.717) is 11.8 Å². The quantitative estimate of drug-likeness (QED) is 0.146. The molecule has 0 saturated carbocycles. The van der Waals surface area contributed by atoms with Gasteiger partial charge in [-0.05, 0) is 125 Å². The number of fused-ring (bicyclic) bond motifs is 40. The second-order valence-electron chi connectivity index (χ2n) is 36.1. The van der Waals surface area contributed by atoms with Crippen LogP contribution in [0.1, 0.15) is 0 Å². The topological polar surface area (TPSA) is 136 Å². The summed E-state index contributed by atoms with van der Waals surface area (Å²) in [5.41, 5.74) is 17.4. The van der Waals surface area contributed by atoms with Crippen LogP contribution < -0.4 is 0 Å². The molecule has 672 valence electrons. The van der Waals surface area contributed by atoms with E-state index in [4.69, 9.17) is 24.9 Å². The minimum absolute atomic E-state index is 0.659. The van der Waals surface area contributed by atoms with Gasteiger partial charge in [0, 0.05) is 235 Å². The molecule has 15 aromatic heterocycles. The summed E-state index contributed by atoms with van der Waals surface area (Å²) in [6.07, 6.45) is 17.5. The molecule has 17 heteroatoms. The molecule has 0 fully saturated rings. The highest BCUT2D eigenvalue weighted by atomic mass is 32.1. The normalized spacial score (nSPS) is 11.9. The Balaban J connectivity index is 0.0000000924. The number of thiophene rings is 4. The molecule has 0 saturated heterocycles. The zero-order chi connectivity index (χ0) is 94.6. The third-order valence-corrected chi connectivity index (χ3v) is 33.0. The van der Waals surface area contributed by atoms with Crippen molar-refractivity contribution < 1.29 is 0 Å². The second-order valence-corrected chi connectivity index (χ2v) is 40.3. The van der Waals surface area contributed by atoms with Crippen molar-refractivity contribution in [3.63, 3.8) is 0 Å². The summed E-state index contributed by atoms with van der Waals surface area (Å²) in [4.78, 5) is 43.7. The first kappa shape index (κ1) is 82.8. The maximum Gasteiger partial charge on any atom is 0.235 e. The molecule has 0 radical (unpaired) electrons. The number of pyridine rings is 5. The van der Waals surface area contributed by atoms with Crippen LogP contribution in [-0.2, 0) is 0 Å². The Kier molecular flexibility index (Phi) is 19.4. The molecule has 0 aliphatic heterocycles. The van der Waals surface area contributed by atoms with E-state index in [0.717, 1.165) is 67.5 Å². The lowest BCUT2D eigenvalue weighted by atomic mass is 10.0. The van der Waals surface area contributed by atoms with E-state index in [1.165, 1.54) is 200 Å².